The van der Waals surface area contributed by atoms with Gasteiger partial charge >= 0.3 is 5.69 Å². The Morgan fingerprint density at radius 3 is 2.70 bits per heavy atom. The maximum Gasteiger partial charge on any atom is 0.323 e. The largest absolute Gasteiger partial charge is 0.340 e. The molecule has 0 radical (unpaired) electrons. The number of hydrogen-bond acceptors (Lipinski definition) is 4. The number of hydrogen-bond donors (Lipinski definition) is 4. The molecule has 0 aliphatic heterocycles. The molecule has 3 aromatic rings. The van der Waals surface area contributed by atoms with E-state index in [-0.39, 0.29) is 17.5 Å². The number of rotatable bonds is 4. The van der Waals surface area contributed by atoms with Crippen molar-refractivity contribution in [1.29, 1.82) is 0 Å². The Morgan fingerprint density at radius 2 is 1.96 bits per heavy atom. The number of amides is 2. The molecule has 8 heteroatoms. The molecular formula is C15H14N4O3S. The Labute approximate surface area is 134 Å². The van der Waals surface area contributed by atoms with Crippen LogP contribution in [-0.4, -0.2) is 27.8 Å². The van der Waals surface area contributed by atoms with Crippen LogP contribution in [0.5, 0.6) is 0 Å². The highest BCUT2D eigenvalue weighted by atomic mass is 32.1. The van der Waals surface area contributed by atoms with Crippen LogP contribution < -0.4 is 16.3 Å². The first-order valence-electron chi connectivity index (χ1n) is 6.90. The number of carbonyl (C=O) groups excluding carboxylic acids is 2. The van der Waals surface area contributed by atoms with Crippen molar-refractivity contribution in [3.8, 4) is 0 Å². The fraction of sp³-hybridized carbons (Fsp3) is 0.133. The zero-order valence-corrected chi connectivity index (χ0v) is 13.0. The van der Waals surface area contributed by atoms with Gasteiger partial charge in [-0.05, 0) is 36.6 Å². The summed E-state index contributed by atoms with van der Waals surface area (Å²) >= 11 is 1.31. The number of fused-ring (bicyclic) bond motifs is 1. The van der Waals surface area contributed by atoms with Crippen molar-refractivity contribution in [2.24, 2.45) is 0 Å². The number of imidazole rings is 1. The first-order valence-corrected chi connectivity index (χ1v) is 7.78. The molecule has 0 fully saturated rings. The molecule has 3 rings (SSSR count). The molecule has 0 saturated carbocycles. The van der Waals surface area contributed by atoms with Crippen LogP contribution in [0.1, 0.15) is 16.6 Å². The molecule has 4 N–H and O–H groups in total. The second-order valence-corrected chi connectivity index (χ2v) is 5.95. The predicted molar refractivity (Wildman–Crippen MR) is 88.8 cm³/mol. The van der Waals surface area contributed by atoms with E-state index in [1.54, 1.807) is 42.6 Å². The molecule has 2 heterocycles. The minimum atomic E-state index is -0.689. The van der Waals surface area contributed by atoms with Gasteiger partial charge in [0.05, 0.1) is 15.9 Å². The summed E-state index contributed by atoms with van der Waals surface area (Å²) < 4.78 is 0. The smallest absolute Gasteiger partial charge is 0.323 e. The van der Waals surface area contributed by atoms with Gasteiger partial charge in [-0.1, -0.05) is 6.07 Å². The van der Waals surface area contributed by atoms with E-state index in [2.05, 4.69) is 20.6 Å². The molecule has 0 aliphatic carbocycles. The molecule has 1 unspecified atom stereocenters. The van der Waals surface area contributed by atoms with Gasteiger partial charge in [-0.3, -0.25) is 9.59 Å². The molecule has 0 bridgehead atoms. The molecule has 0 spiro atoms. The SMILES string of the molecule is CC(NC(=O)c1cccs1)C(=O)Nc1ccc2[nH]c(=O)[nH]c2c1. The summed E-state index contributed by atoms with van der Waals surface area (Å²) in [4.78, 5) is 41.1. The number of aromatic nitrogens is 2. The van der Waals surface area contributed by atoms with Gasteiger partial charge in [0, 0.05) is 5.69 Å². The zero-order valence-electron chi connectivity index (χ0n) is 12.2. The van der Waals surface area contributed by atoms with E-state index in [9.17, 15) is 14.4 Å². The van der Waals surface area contributed by atoms with Gasteiger partial charge in [0.1, 0.15) is 6.04 Å². The molecule has 118 valence electrons. The van der Waals surface area contributed by atoms with E-state index < -0.39 is 6.04 Å². The topological polar surface area (TPSA) is 107 Å². The zero-order chi connectivity index (χ0) is 16.4. The fourth-order valence-electron chi connectivity index (χ4n) is 2.10. The maximum absolute atomic E-state index is 12.2. The molecule has 0 saturated heterocycles. The second-order valence-electron chi connectivity index (χ2n) is 5.00. The third kappa shape index (κ3) is 3.32. The average Bonchev–Trinajstić information content (AvgIpc) is 3.14. The van der Waals surface area contributed by atoms with Gasteiger partial charge in [-0.15, -0.1) is 11.3 Å². The third-order valence-electron chi connectivity index (χ3n) is 3.27. The first-order chi connectivity index (χ1) is 11.0. The molecule has 23 heavy (non-hydrogen) atoms. The molecule has 1 atom stereocenters. The predicted octanol–water partition coefficient (Wildman–Crippen LogP) is 1.67. The van der Waals surface area contributed by atoms with Crippen molar-refractivity contribution in [1.82, 2.24) is 15.3 Å². The van der Waals surface area contributed by atoms with Crippen molar-refractivity contribution >= 4 is 39.9 Å². The Kier molecular flexibility index (Phi) is 3.98. The summed E-state index contributed by atoms with van der Waals surface area (Å²) in [5.41, 5.74) is 1.49. The number of carbonyl (C=O) groups is 2. The van der Waals surface area contributed by atoms with Gasteiger partial charge in [0.25, 0.3) is 5.91 Å². The lowest BCUT2D eigenvalue weighted by atomic mass is 10.2. The van der Waals surface area contributed by atoms with Crippen LogP contribution in [0, 0.1) is 0 Å². The molecule has 2 amide bonds. The third-order valence-corrected chi connectivity index (χ3v) is 4.14. The summed E-state index contributed by atoms with van der Waals surface area (Å²) in [5.74, 6) is -0.625. The average molecular weight is 330 g/mol. The van der Waals surface area contributed by atoms with Crippen molar-refractivity contribution in [3.05, 3.63) is 51.1 Å². The second kappa shape index (κ2) is 6.09. The quantitative estimate of drug-likeness (QED) is 0.584. The van der Waals surface area contributed by atoms with Gasteiger partial charge in [0.15, 0.2) is 0 Å². The summed E-state index contributed by atoms with van der Waals surface area (Å²) in [6.07, 6.45) is 0. The normalized spacial score (nSPS) is 12.0. The minimum Gasteiger partial charge on any atom is -0.340 e. The van der Waals surface area contributed by atoms with Crippen LogP contribution in [0.25, 0.3) is 11.0 Å². The van der Waals surface area contributed by atoms with Crippen molar-refractivity contribution in [3.63, 3.8) is 0 Å². The summed E-state index contributed by atoms with van der Waals surface area (Å²) in [5, 5.41) is 7.14. The van der Waals surface area contributed by atoms with E-state index in [4.69, 9.17) is 0 Å². The van der Waals surface area contributed by atoms with Gasteiger partial charge < -0.3 is 20.6 Å². The van der Waals surface area contributed by atoms with Crippen LogP contribution in [0.3, 0.4) is 0 Å². The van der Waals surface area contributed by atoms with Crippen LogP contribution in [-0.2, 0) is 4.79 Å². The summed E-state index contributed by atoms with van der Waals surface area (Å²) in [6.45, 7) is 1.61. The first kappa shape index (κ1) is 15.0. The number of nitrogens with one attached hydrogen (secondary N) is 4. The number of anilines is 1. The lowest BCUT2D eigenvalue weighted by Crippen LogP contribution is -2.41. The van der Waals surface area contributed by atoms with Crippen LogP contribution in [0.15, 0.2) is 40.5 Å². The van der Waals surface area contributed by atoms with E-state index >= 15 is 0 Å². The van der Waals surface area contributed by atoms with E-state index in [0.29, 0.717) is 21.6 Å². The summed E-state index contributed by atoms with van der Waals surface area (Å²) in [6, 6.07) is 7.80. The lowest BCUT2D eigenvalue weighted by Gasteiger charge is -2.13. The number of aromatic amines is 2. The van der Waals surface area contributed by atoms with E-state index in [1.807, 2.05) is 0 Å². The van der Waals surface area contributed by atoms with Crippen LogP contribution in [0.4, 0.5) is 5.69 Å². The standard InChI is InChI=1S/C15H14N4O3S/c1-8(16-14(21)12-3-2-6-23-12)13(20)17-9-4-5-10-11(7-9)19-15(22)18-10/h2-8H,1H3,(H,16,21)(H,17,20)(H2,18,19,22). The highest BCUT2D eigenvalue weighted by Gasteiger charge is 2.17. The van der Waals surface area contributed by atoms with E-state index in [1.165, 1.54) is 11.3 Å². The lowest BCUT2D eigenvalue weighted by molar-refractivity contribution is -0.117. The molecule has 2 aromatic heterocycles. The van der Waals surface area contributed by atoms with Gasteiger partial charge in [-0.25, -0.2) is 4.79 Å². The molecule has 1 aromatic carbocycles. The Morgan fingerprint density at radius 1 is 1.17 bits per heavy atom. The molecular weight excluding hydrogens is 316 g/mol. The van der Waals surface area contributed by atoms with Gasteiger partial charge in [-0.2, -0.15) is 0 Å². The highest BCUT2D eigenvalue weighted by Crippen LogP contribution is 2.15. The van der Waals surface area contributed by atoms with Gasteiger partial charge in [0.2, 0.25) is 5.91 Å². The molecule has 0 aliphatic rings. The molecule has 7 nitrogen and oxygen atoms in total. The van der Waals surface area contributed by atoms with E-state index in [0.717, 1.165) is 0 Å². The van der Waals surface area contributed by atoms with Crippen LogP contribution >= 0.6 is 11.3 Å². The number of thiophene rings is 1. The van der Waals surface area contributed by atoms with Crippen molar-refractivity contribution < 1.29 is 9.59 Å². The Bertz CT molecular complexity index is 910. The minimum absolute atomic E-state index is 0.284. The maximum atomic E-state index is 12.2. The Hall–Kier alpha value is -2.87. The fourth-order valence-corrected chi connectivity index (χ4v) is 2.73. The monoisotopic (exact) mass is 330 g/mol. The Balaban J connectivity index is 1.67. The highest BCUT2D eigenvalue weighted by molar-refractivity contribution is 7.12. The number of benzene rings is 1. The van der Waals surface area contributed by atoms with Crippen LogP contribution in [0.2, 0.25) is 0 Å². The van der Waals surface area contributed by atoms with Crippen molar-refractivity contribution in [2.45, 2.75) is 13.0 Å². The number of H-pyrrole nitrogens is 2. The van der Waals surface area contributed by atoms with Crippen molar-refractivity contribution in [2.75, 3.05) is 5.32 Å². The summed E-state index contributed by atoms with van der Waals surface area (Å²) in [7, 11) is 0.